The molecule has 0 saturated carbocycles. The van der Waals surface area contributed by atoms with Crippen LogP contribution in [0, 0.1) is 0 Å². The first-order valence-corrected chi connectivity index (χ1v) is 11.7. The summed E-state index contributed by atoms with van der Waals surface area (Å²) in [5, 5.41) is 0.934. The van der Waals surface area contributed by atoms with Crippen molar-refractivity contribution in [3.05, 3.63) is 45.7 Å². The smallest absolute Gasteiger partial charge is 0.271 e. The summed E-state index contributed by atoms with van der Waals surface area (Å²) in [7, 11) is 0. The molecular weight excluding hydrogens is 449 g/mol. The van der Waals surface area contributed by atoms with E-state index < -0.39 is 5.91 Å². The number of anilines is 2. The molecule has 4 rings (SSSR count). The highest BCUT2D eigenvalue weighted by Gasteiger charge is 2.33. The van der Waals surface area contributed by atoms with E-state index in [2.05, 4.69) is 43.7 Å². The predicted molar refractivity (Wildman–Crippen MR) is 128 cm³/mol. The van der Waals surface area contributed by atoms with Crippen LogP contribution in [0.4, 0.5) is 11.6 Å². The zero-order valence-corrected chi connectivity index (χ0v) is 19.7. The lowest BCUT2D eigenvalue weighted by atomic mass is 9.99. The maximum Gasteiger partial charge on any atom is 0.271 e. The zero-order valence-electron chi connectivity index (χ0n) is 18.2. The van der Waals surface area contributed by atoms with E-state index >= 15 is 0 Å². The number of nitrogens with two attached hydrogens (primary N) is 2. The van der Waals surface area contributed by atoms with Crippen molar-refractivity contribution in [1.82, 2.24) is 19.8 Å². The summed E-state index contributed by atoms with van der Waals surface area (Å²) in [5.74, 6) is -0.206. The molecule has 2 aromatic rings. The van der Waals surface area contributed by atoms with Gasteiger partial charge in [0.15, 0.2) is 22.5 Å². The third-order valence-corrected chi connectivity index (χ3v) is 6.93. The van der Waals surface area contributed by atoms with Crippen LogP contribution in [0.2, 0.25) is 10.2 Å². The number of rotatable bonds is 5. The molecule has 8 nitrogen and oxygen atoms in total. The van der Waals surface area contributed by atoms with E-state index in [1.165, 1.54) is 5.56 Å². The van der Waals surface area contributed by atoms with Crippen molar-refractivity contribution < 1.29 is 4.79 Å². The zero-order chi connectivity index (χ0) is 22.8. The molecule has 0 spiro atoms. The van der Waals surface area contributed by atoms with Gasteiger partial charge < -0.3 is 16.4 Å². The molecule has 1 aromatic heterocycles. The van der Waals surface area contributed by atoms with E-state index in [-0.39, 0.29) is 16.7 Å². The number of piperazine rings is 1. The van der Waals surface area contributed by atoms with Gasteiger partial charge in [0.25, 0.3) is 5.91 Å². The average Bonchev–Trinajstić information content (AvgIpc) is 2.77. The SMILES string of the molecule is C[C@H]1CN(c2nc(N)c(C(N)=O)nc2Cl)CCN1C1CCN(Cc2ccc(Cl)cc2)CC1. The first kappa shape index (κ1) is 23.0. The second-order valence-electron chi connectivity index (χ2n) is 8.60. The third kappa shape index (κ3) is 5.09. The number of halogens is 2. The first-order valence-electron chi connectivity index (χ1n) is 10.9. The lowest BCUT2D eigenvalue weighted by molar-refractivity contribution is 0.0690. The summed E-state index contributed by atoms with van der Waals surface area (Å²) in [5.41, 5.74) is 12.4. The van der Waals surface area contributed by atoms with Gasteiger partial charge in [0.2, 0.25) is 0 Å². The number of nitrogen functional groups attached to an aromatic ring is 1. The Morgan fingerprint density at radius 2 is 1.78 bits per heavy atom. The van der Waals surface area contributed by atoms with Crippen molar-refractivity contribution in [2.24, 2.45) is 5.73 Å². The van der Waals surface area contributed by atoms with Crippen molar-refractivity contribution >= 4 is 40.7 Å². The number of hydrogen-bond donors (Lipinski definition) is 2. The maximum absolute atomic E-state index is 11.4. The number of amides is 1. The van der Waals surface area contributed by atoms with Crippen molar-refractivity contribution in [2.45, 2.75) is 38.4 Å². The Morgan fingerprint density at radius 3 is 2.41 bits per heavy atom. The molecule has 2 fully saturated rings. The molecule has 2 saturated heterocycles. The summed E-state index contributed by atoms with van der Waals surface area (Å²) < 4.78 is 0. The Balaban J connectivity index is 1.33. The Bertz CT molecular complexity index is 963. The number of benzene rings is 1. The van der Waals surface area contributed by atoms with E-state index in [1.807, 2.05) is 12.1 Å². The molecule has 10 heteroatoms. The van der Waals surface area contributed by atoms with Gasteiger partial charge in [-0.15, -0.1) is 0 Å². The molecule has 4 N–H and O–H groups in total. The quantitative estimate of drug-likeness (QED) is 0.681. The van der Waals surface area contributed by atoms with Gasteiger partial charge in [0, 0.05) is 43.3 Å². The van der Waals surface area contributed by atoms with Crippen LogP contribution in [-0.2, 0) is 6.54 Å². The van der Waals surface area contributed by atoms with Crippen LogP contribution in [0.15, 0.2) is 24.3 Å². The number of nitrogens with zero attached hydrogens (tertiary/aromatic N) is 5. The molecule has 1 aromatic carbocycles. The molecule has 172 valence electrons. The molecule has 0 radical (unpaired) electrons. The standard InChI is InChI=1S/C22H29Cl2N7O/c1-14-12-30(22-19(24)27-18(21(26)32)20(25)28-22)10-11-31(14)17-6-8-29(9-7-17)13-15-2-4-16(23)5-3-15/h2-5,14,17H,6-13H2,1H3,(H2,25,28)(H2,26,32)/t14-/m0/s1. The molecular formula is C22H29Cl2N7O. The molecule has 3 heterocycles. The maximum atomic E-state index is 11.4. The van der Waals surface area contributed by atoms with Gasteiger partial charge in [-0.05, 0) is 50.6 Å². The van der Waals surface area contributed by atoms with Gasteiger partial charge in [0.1, 0.15) is 0 Å². The summed E-state index contributed by atoms with van der Waals surface area (Å²) >= 11 is 12.3. The van der Waals surface area contributed by atoms with Crippen molar-refractivity contribution in [1.29, 1.82) is 0 Å². The fraction of sp³-hybridized carbons (Fsp3) is 0.500. The minimum absolute atomic E-state index is 0.0139. The van der Waals surface area contributed by atoms with Gasteiger partial charge in [0.05, 0.1) is 0 Å². The molecule has 0 bridgehead atoms. The van der Waals surface area contributed by atoms with Crippen molar-refractivity contribution in [3.8, 4) is 0 Å². The second kappa shape index (κ2) is 9.79. The first-order chi connectivity index (χ1) is 15.3. The number of hydrogen-bond acceptors (Lipinski definition) is 7. The highest BCUT2D eigenvalue weighted by atomic mass is 35.5. The van der Waals surface area contributed by atoms with Gasteiger partial charge in [-0.2, -0.15) is 0 Å². The molecule has 2 aliphatic rings. The highest BCUT2D eigenvalue weighted by Crippen LogP contribution is 2.29. The Kier molecular flexibility index (Phi) is 7.05. The molecule has 32 heavy (non-hydrogen) atoms. The lowest BCUT2D eigenvalue weighted by Gasteiger charge is -2.46. The van der Waals surface area contributed by atoms with Crippen LogP contribution in [0.5, 0.6) is 0 Å². The molecule has 1 atom stereocenters. The summed E-state index contributed by atoms with van der Waals surface area (Å²) in [4.78, 5) is 27.0. The fourth-order valence-electron chi connectivity index (χ4n) is 4.76. The topological polar surface area (TPSA) is 105 Å². The predicted octanol–water partition coefficient (Wildman–Crippen LogP) is 2.64. The average molecular weight is 478 g/mol. The fourth-order valence-corrected chi connectivity index (χ4v) is 5.14. The lowest BCUT2D eigenvalue weighted by Crippen LogP contribution is -2.57. The number of primary amides is 1. The van der Waals surface area contributed by atoms with Crippen LogP contribution in [0.3, 0.4) is 0 Å². The minimum atomic E-state index is -0.732. The third-order valence-electron chi connectivity index (χ3n) is 6.42. The van der Waals surface area contributed by atoms with E-state index in [4.69, 9.17) is 34.7 Å². The van der Waals surface area contributed by atoms with E-state index in [9.17, 15) is 4.79 Å². The van der Waals surface area contributed by atoms with E-state index in [0.717, 1.165) is 57.1 Å². The summed E-state index contributed by atoms with van der Waals surface area (Å²) in [6.45, 7) is 7.83. The molecule has 0 unspecified atom stereocenters. The number of carbonyl (C=O) groups excluding carboxylic acids is 1. The molecule has 2 aliphatic heterocycles. The van der Waals surface area contributed by atoms with Crippen molar-refractivity contribution in [2.75, 3.05) is 43.4 Å². The van der Waals surface area contributed by atoms with Crippen LogP contribution in [0.25, 0.3) is 0 Å². The highest BCUT2D eigenvalue weighted by molar-refractivity contribution is 6.32. The van der Waals surface area contributed by atoms with Gasteiger partial charge >= 0.3 is 0 Å². The Labute approximate surface area is 198 Å². The van der Waals surface area contributed by atoms with Gasteiger partial charge in [-0.25, -0.2) is 9.97 Å². The largest absolute Gasteiger partial charge is 0.382 e. The number of carbonyl (C=O) groups is 1. The summed E-state index contributed by atoms with van der Waals surface area (Å²) in [6, 6.07) is 9.02. The second-order valence-corrected chi connectivity index (χ2v) is 9.40. The Hall–Kier alpha value is -2.13. The number of aromatic nitrogens is 2. The van der Waals surface area contributed by atoms with Gasteiger partial charge in [-0.3, -0.25) is 14.6 Å². The van der Waals surface area contributed by atoms with E-state index in [0.29, 0.717) is 17.9 Å². The molecule has 0 aliphatic carbocycles. The van der Waals surface area contributed by atoms with Crippen molar-refractivity contribution in [3.63, 3.8) is 0 Å². The van der Waals surface area contributed by atoms with Crippen LogP contribution < -0.4 is 16.4 Å². The van der Waals surface area contributed by atoms with Gasteiger partial charge in [-0.1, -0.05) is 35.3 Å². The monoisotopic (exact) mass is 477 g/mol. The number of likely N-dealkylation sites (tertiary alicyclic amines) is 1. The Morgan fingerprint density at radius 1 is 1.09 bits per heavy atom. The van der Waals surface area contributed by atoms with Crippen LogP contribution in [-0.4, -0.2) is 70.5 Å². The minimum Gasteiger partial charge on any atom is -0.382 e. The van der Waals surface area contributed by atoms with Crippen LogP contribution >= 0.6 is 23.2 Å². The van der Waals surface area contributed by atoms with E-state index in [1.54, 1.807) is 0 Å². The summed E-state index contributed by atoms with van der Waals surface area (Å²) in [6.07, 6.45) is 2.30. The normalized spacial score (nSPS) is 21.1. The number of piperidine rings is 1. The van der Waals surface area contributed by atoms with Crippen LogP contribution in [0.1, 0.15) is 35.8 Å². The molecule has 1 amide bonds.